The Balaban J connectivity index is 1.92. The summed E-state index contributed by atoms with van der Waals surface area (Å²) in [5.74, 6) is -0.525. The van der Waals surface area contributed by atoms with E-state index >= 15 is 0 Å². The molecule has 0 radical (unpaired) electrons. The van der Waals surface area contributed by atoms with Crippen molar-refractivity contribution in [3.8, 4) is 0 Å². The zero-order chi connectivity index (χ0) is 13.8. The maximum Gasteiger partial charge on any atom is 0.307 e. The molecule has 2 N–H and O–H groups in total. The first-order valence-electron chi connectivity index (χ1n) is 6.64. The van der Waals surface area contributed by atoms with Crippen LogP contribution in [0.25, 0.3) is 0 Å². The third-order valence-electron chi connectivity index (χ3n) is 3.65. The molecule has 0 aliphatic heterocycles. The van der Waals surface area contributed by atoms with E-state index in [1.165, 1.54) is 0 Å². The van der Waals surface area contributed by atoms with Crippen LogP contribution in [-0.2, 0) is 16.1 Å². The Hall–Kier alpha value is -1.78. The zero-order valence-corrected chi connectivity index (χ0v) is 11.0. The quantitative estimate of drug-likeness (QED) is 0.873. The molecule has 2 atom stereocenters. The van der Waals surface area contributed by atoms with E-state index in [1.54, 1.807) is 0 Å². The van der Waals surface area contributed by atoms with Crippen LogP contribution in [0.2, 0.25) is 0 Å². The van der Waals surface area contributed by atoms with E-state index in [1.807, 2.05) is 19.1 Å². The van der Waals surface area contributed by atoms with Gasteiger partial charge in [0.25, 0.3) is 0 Å². The topological polar surface area (TPSA) is 79.5 Å². The van der Waals surface area contributed by atoms with E-state index in [0.717, 1.165) is 18.6 Å². The Kier molecular flexibility index (Phi) is 4.24. The smallest absolute Gasteiger partial charge is 0.307 e. The molecular formula is C14H19NO4. The number of carboxylic acid groups (broad SMARTS) is 1. The summed E-state index contributed by atoms with van der Waals surface area (Å²) in [6.45, 7) is 2.16. The van der Waals surface area contributed by atoms with Gasteiger partial charge in [-0.3, -0.25) is 9.59 Å². The molecule has 1 saturated carbocycles. The second kappa shape index (κ2) is 5.91. The highest BCUT2D eigenvalue weighted by Gasteiger charge is 2.35. The molecule has 0 aromatic carbocycles. The summed E-state index contributed by atoms with van der Waals surface area (Å²) in [6.07, 6.45) is 3.05. The molecule has 5 heteroatoms. The van der Waals surface area contributed by atoms with Gasteiger partial charge in [-0.15, -0.1) is 0 Å². The highest BCUT2D eigenvalue weighted by atomic mass is 16.4. The van der Waals surface area contributed by atoms with Crippen LogP contribution in [0, 0.1) is 18.8 Å². The molecule has 1 aliphatic rings. The monoisotopic (exact) mass is 265 g/mol. The third-order valence-corrected chi connectivity index (χ3v) is 3.65. The molecule has 1 fully saturated rings. The minimum Gasteiger partial charge on any atom is -0.481 e. The first-order chi connectivity index (χ1) is 9.08. The number of amides is 1. The number of carbonyl (C=O) groups excluding carboxylic acids is 1. The molecule has 2 rings (SSSR count). The third kappa shape index (κ3) is 3.36. The van der Waals surface area contributed by atoms with Crippen molar-refractivity contribution in [1.29, 1.82) is 0 Å². The van der Waals surface area contributed by atoms with Gasteiger partial charge in [-0.2, -0.15) is 0 Å². The van der Waals surface area contributed by atoms with Crippen LogP contribution < -0.4 is 5.32 Å². The average Bonchev–Trinajstić information content (AvgIpc) is 2.81. The van der Waals surface area contributed by atoms with Gasteiger partial charge in [-0.25, -0.2) is 0 Å². The molecule has 1 aromatic heterocycles. The Morgan fingerprint density at radius 2 is 2.00 bits per heavy atom. The molecule has 19 heavy (non-hydrogen) atoms. The number of carbonyl (C=O) groups is 2. The van der Waals surface area contributed by atoms with Gasteiger partial charge in [-0.05, 0) is 31.9 Å². The van der Waals surface area contributed by atoms with Crippen LogP contribution in [0.15, 0.2) is 16.5 Å². The number of hydrogen-bond acceptors (Lipinski definition) is 3. The van der Waals surface area contributed by atoms with Crippen LogP contribution in [0.3, 0.4) is 0 Å². The van der Waals surface area contributed by atoms with Gasteiger partial charge in [0.1, 0.15) is 11.5 Å². The van der Waals surface area contributed by atoms with E-state index in [2.05, 4.69) is 5.32 Å². The molecular weight excluding hydrogens is 246 g/mol. The highest BCUT2D eigenvalue weighted by Crippen LogP contribution is 2.30. The summed E-state index contributed by atoms with van der Waals surface area (Å²) in [4.78, 5) is 23.2. The summed E-state index contributed by atoms with van der Waals surface area (Å²) in [6, 6.07) is 3.65. The Labute approximate surface area is 112 Å². The second-order valence-electron chi connectivity index (χ2n) is 5.07. The summed E-state index contributed by atoms with van der Waals surface area (Å²) >= 11 is 0. The van der Waals surface area contributed by atoms with Crippen LogP contribution in [0.4, 0.5) is 0 Å². The number of nitrogens with one attached hydrogen (secondary N) is 1. The number of rotatable bonds is 4. The average molecular weight is 265 g/mol. The lowest BCUT2D eigenvalue weighted by molar-refractivity contribution is -0.149. The Morgan fingerprint density at radius 1 is 1.32 bits per heavy atom. The number of aliphatic carboxylic acids is 1. The lowest BCUT2D eigenvalue weighted by Crippen LogP contribution is -2.39. The summed E-state index contributed by atoms with van der Waals surface area (Å²) in [7, 11) is 0. The molecule has 104 valence electrons. The predicted molar refractivity (Wildman–Crippen MR) is 68.4 cm³/mol. The molecule has 1 aromatic rings. The Bertz CT molecular complexity index is 466. The molecule has 0 spiro atoms. The first-order valence-corrected chi connectivity index (χ1v) is 6.64. The SMILES string of the molecule is Cc1ccc(CNC(=O)[C@@H]2CCCC[C@@H]2C(=O)O)o1. The lowest BCUT2D eigenvalue weighted by atomic mass is 9.79. The second-order valence-corrected chi connectivity index (χ2v) is 5.07. The molecule has 0 saturated heterocycles. The summed E-state index contributed by atoms with van der Waals surface area (Å²) < 4.78 is 5.36. The fourth-order valence-corrected chi connectivity index (χ4v) is 2.63. The van der Waals surface area contributed by atoms with Gasteiger partial charge in [0.05, 0.1) is 18.4 Å². The van der Waals surface area contributed by atoms with Crippen LogP contribution in [-0.4, -0.2) is 17.0 Å². The molecule has 1 amide bonds. The van der Waals surface area contributed by atoms with Gasteiger partial charge >= 0.3 is 5.97 Å². The molecule has 0 unspecified atom stereocenters. The standard InChI is InChI=1S/C14H19NO4/c1-9-6-7-10(19-9)8-15-13(16)11-4-2-3-5-12(11)14(17)18/h6-7,11-12H,2-5,8H2,1H3,(H,15,16)(H,17,18)/t11-,12+/m1/s1. The van der Waals surface area contributed by atoms with Gasteiger partial charge in [-0.1, -0.05) is 12.8 Å². The van der Waals surface area contributed by atoms with Crippen molar-refractivity contribution in [3.63, 3.8) is 0 Å². The van der Waals surface area contributed by atoms with Crippen LogP contribution in [0.1, 0.15) is 37.2 Å². The van der Waals surface area contributed by atoms with Gasteiger partial charge in [0, 0.05) is 0 Å². The number of hydrogen-bond donors (Lipinski definition) is 2. The number of furan rings is 1. The maximum absolute atomic E-state index is 12.1. The molecule has 0 bridgehead atoms. The number of carboxylic acids is 1. The molecule has 1 aliphatic carbocycles. The van der Waals surface area contributed by atoms with Gasteiger partial charge < -0.3 is 14.8 Å². The minimum atomic E-state index is -0.867. The molecule has 1 heterocycles. The van der Waals surface area contributed by atoms with E-state index in [9.17, 15) is 9.59 Å². The fraction of sp³-hybridized carbons (Fsp3) is 0.571. The van der Waals surface area contributed by atoms with Crippen molar-refractivity contribution in [3.05, 3.63) is 23.7 Å². The normalized spacial score (nSPS) is 23.0. The molecule has 5 nitrogen and oxygen atoms in total. The summed E-state index contributed by atoms with van der Waals surface area (Å²) in [5, 5.41) is 11.9. The fourth-order valence-electron chi connectivity index (χ4n) is 2.63. The van der Waals surface area contributed by atoms with Crippen molar-refractivity contribution in [2.75, 3.05) is 0 Å². The highest BCUT2D eigenvalue weighted by molar-refractivity contribution is 5.84. The van der Waals surface area contributed by atoms with Crippen molar-refractivity contribution < 1.29 is 19.1 Å². The van der Waals surface area contributed by atoms with Crippen molar-refractivity contribution in [2.45, 2.75) is 39.2 Å². The van der Waals surface area contributed by atoms with Crippen molar-refractivity contribution in [1.82, 2.24) is 5.32 Å². The van der Waals surface area contributed by atoms with E-state index in [0.29, 0.717) is 25.1 Å². The summed E-state index contributed by atoms with van der Waals surface area (Å²) in [5.41, 5.74) is 0. The maximum atomic E-state index is 12.1. The first kappa shape index (κ1) is 13.6. The van der Waals surface area contributed by atoms with E-state index < -0.39 is 17.8 Å². The van der Waals surface area contributed by atoms with E-state index in [4.69, 9.17) is 9.52 Å². The van der Waals surface area contributed by atoms with Gasteiger partial charge in [0.2, 0.25) is 5.91 Å². The van der Waals surface area contributed by atoms with Crippen molar-refractivity contribution in [2.24, 2.45) is 11.8 Å². The van der Waals surface area contributed by atoms with Gasteiger partial charge in [0.15, 0.2) is 0 Å². The largest absolute Gasteiger partial charge is 0.481 e. The van der Waals surface area contributed by atoms with Crippen LogP contribution in [0.5, 0.6) is 0 Å². The van der Waals surface area contributed by atoms with E-state index in [-0.39, 0.29) is 5.91 Å². The number of aryl methyl sites for hydroxylation is 1. The van der Waals surface area contributed by atoms with Crippen LogP contribution >= 0.6 is 0 Å². The Morgan fingerprint density at radius 3 is 2.58 bits per heavy atom. The predicted octanol–water partition coefficient (Wildman–Crippen LogP) is 2.10. The zero-order valence-electron chi connectivity index (χ0n) is 11.0. The minimum absolute atomic E-state index is 0.179. The van der Waals surface area contributed by atoms with Crippen molar-refractivity contribution >= 4 is 11.9 Å². The lowest BCUT2D eigenvalue weighted by Gasteiger charge is -2.27.